The molecule has 0 saturated heterocycles. The van der Waals surface area contributed by atoms with Crippen LogP contribution in [-0.2, 0) is 4.74 Å². The molecule has 0 amide bonds. The van der Waals surface area contributed by atoms with Gasteiger partial charge in [0.15, 0.2) is 0 Å². The molecular formula is C25H39N2O2S+. The number of aryl methyl sites for hydroxylation is 2. The number of ether oxygens (including phenoxy) is 1. The molecule has 0 aliphatic heterocycles. The number of hydrogen-bond donors (Lipinski definition) is 2. The molecule has 3 rings (SSSR count). The van der Waals surface area contributed by atoms with Crippen LogP contribution in [0.2, 0.25) is 0 Å². The predicted molar refractivity (Wildman–Crippen MR) is 126 cm³/mol. The average molecular weight is 432 g/mol. The van der Waals surface area contributed by atoms with Crippen LogP contribution >= 0.6 is 11.9 Å². The average Bonchev–Trinajstić information content (AvgIpc) is 2.79. The van der Waals surface area contributed by atoms with Crippen molar-refractivity contribution >= 4 is 11.9 Å². The van der Waals surface area contributed by atoms with Crippen molar-refractivity contribution in [1.29, 1.82) is 0 Å². The van der Waals surface area contributed by atoms with Crippen LogP contribution in [0.5, 0.6) is 0 Å². The molecule has 1 aromatic carbocycles. The molecule has 30 heavy (non-hydrogen) atoms. The highest BCUT2D eigenvalue weighted by Crippen LogP contribution is 2.34. The molecule has 0 radical (unpaired) electrons. The van der Waals surface area contributed by atoms with Crippen LogP contribution < -0.4 is 9.45 Å². The van der Waals surface area contributed by atoms with Crippen molar-refractivity contribution in [2.75, 3.05) is 19.4 Å². The second-order valence-electron chi connectivity index (χ2n) is 7.88. The van der Waals surface area contributed by atoms with Gasteiger partial charge in [-0.2, -0.15) is 0 Å². The first-order chi connectivity index (χ1) is 14.6. The van der Waals surface area contributed by atoms with E-state index in [-0.39, 0.29) is 5.92 Å². The summed E-state index contributed by atoms with van der Waals surface area (Å²) in [5.41, 5.74) is 4.39. The summed E-state index contributed by atoms with van der Waals surface area (Å²) in [5, 5.41) is 10.5. The number of nitrogens with one attached hydrogen (secondary N) is 1. The number of aromatic nitrogens is 1. The molecule has 1 atom stereocenters. The van der Waals surface area contributed by atoms with E-state index in [2.05, 4.69) is 48.0 Å². The Morgan fingerprint density at radius 1 is 1.10 bits per heavy atom. The summed E-state index contributed by atoms with van der Waals surface area (Å²) >= 11 is 1.60. The van der Waals surface area contributed by atoms with E-state index >= 15 is 0 Å². The van der Waals surface area contributed by atoms with Gasteiger partial charge in [-0.25, -0.2) is 0 Å². The number of pyridine rings is 1. The topological polar surface area (TPSA) is 45.4 Å². The molecule has 1 saturated carbocycles. The van der Waals surface area contributed by atoms with Gasteiger partial charge >= 0.3 is 0 Å². The molecule has 0 spiro atoms. The van der Waals surface area contributed by atoms with Crippen molar-refractivity contribution < 1.29 is 14.7 Å². The third-order valence-electron chi connectivity index (χ3n) is 5.76. The Kier molecular flexibility index (Phi) is 10.7. The number of nitrogens with zero attached hydrogens (tertiary/aromatic N) is 1. The summed E-state index contributed by atoms with van der Waals surface area (Å²) in [6.07, 6.45) is 6.92. The van der Waals surface area contributed by atoms with Gasteiger partial charge in [-0.3, -0.25) is 9.93 Å². The first-order valence-corrected chi connectivity index (χ1v) is 12.5. The Balaban J connectivity index is 0.00000155. The number of rotatable bonds is 8. The second kappa shape index (κ2) is 13.0. The minimum absolute atomic E-state index is 0.114. The van der Waals surface area contributed by atoms with Gasteiger partial charge in [0.25, 0.3) is 0 Å². The molecule has 1 aromatic heterocycles. The molecule has 1 unspecified atom stereocenters. The molecule has 4 nitrogen and oxygen atoms in total. The fraction of sp³-hybridized carbons (Fsp3) is 0.560. The highest BCUT2D eigenvalue weighted by Gasteiger charge is 2.28. The summed E-state index contributed by atoms with van der Waals surface area (Å²) in [5.74, 6) is 0.775. The van der Waals surface area contributed by atoms with E-state index in [1.807, 2.05) is 33.1 Å². The van der Waals surface area contributed by atoms with E-state index in [9.17, 15) is 5.21 Å². The van der Waals surface area contributed by atoms with Crippen molar-refractivity contribution in [2.45, 2.75) is 71.3 Å². The van der Waals surface area contributed by atoms with Crippen molar-refractivity contribution in [1.82, 2.24) is 4.72 Å². The molecule has 1 heterocycles. The Bertz CT molecular complexity index is 746. The van der Waals surface area contributed by atoms with E-state index in [1.165, 1.54) is 23.1 Å². The van der Waals surface area contributed by atoms with Gasteiger partial charge < -0.3 is 4.74 Å². The van der Waals surface area contributed by atoms with Crippen molar-refractivity contribution in [3.8, 4) is 0 Å². The lowest BCUT2D eigenvalue weighted by molar-refractivity contribution is -0.914. The second-order valence-corrected chi connectivity index (χ2v) is 8.57. The van der Waals surface area contributed by atoms with Gasteiger partial charge in [-0.1, -0.05) is 56.1 Å². The summed E-state index contributed by atoms with van der Waals surface area (Å²) < 4.78 is 11.0. The van der Waals surface area contributed by atoms with Gasteiger partial charge in [0.1, 0.15) is 0 Å². The lowest BCUT2D eigenvalue weighted by Gasteiger charge is -2.29. The zero-order chi connectivity index (χ0) is 21.9. The Morgan fingerprint density at radius 3 is 2.40 bits per heavy atom. The van der Waals surface area contributed by atoms with Crippen LogP contribution in [0.25, 0.3) is 0 Å². The Morgan fingerprint density at radius 2 is 1.77 bits per heavy atom. The molecule has 1 aliphatic carbocycles. The van der Waals surface area contributed by atoms with Crippen LogP contribution in [-0.4, -0.2) is 30.7 Å². The van der Waals surface area contributed by atoms with Crippen LogP contribution in [0.1, 0.15) is 73.9 Å². The molecule has 2 aromatic rings. The van der Waals surface area contributed by atoms with Crippen LogP contribution in [0.4, 0.5) is 0 Å². The smallest absolute Gasteiger partial charge is 0.241 e. The lowest BCUT2D eigenvalue weighted by atomic mass is 9.83. The molecule has 5 heteroatoms. The fourth-order valence-electron chi connectivity index (χ4n) is 4.19. The predicted octanol–water partition coefficient (Wildman–Crippen LogP) is 5.55. The number of hydrogen-bond acceptors (Lipinski definition) is 4. The van der Waals surface area contributed by atoms with Gasteiger partial charge in [0, 0.05) is 30.3 Å². The highest BCUT2D eigenvalue weighted by molar-refractivity contribution is 7.96. The molecular weight excluding hydrogens is 392 g/mol. The standard InChI is InChI=1S/C23H33N2O2S.C2H6/c1-17-13-18(2)25(26)23(14-17)21(15-24-28-3)16-27-22-11-9-20(10-12-22)19-7-5-4-6-8-19;1-2/h4-8,13-14,20-22,24,26H,9-12,15-16H2,1-3H3;1-2H3/q+1;. The normalized spacial score (nSPS) is 19.6. The monoisotopic (exact) mass is 431 g/mol. The van der Waals surface area contributed by atoms with Crippen molar-refractivity contribution in [3.05, 3.63) is 65.0 Å². The maximum atomic E-state index is 10.5. The van der Waals surface area contributed by atoms with Gasteiger partial charge in [-0.15, -0.1) is 0 Å². The third kappa shape index (κ3) is 7.00. The quantitative estimate of drug-likeness (QED) is 0.327. The minimum atomic E-state index is 0.114. The molecule has 166 valence electrons. The van der Waals surface area contributed by atoms with E-state index in [4.69, 9.17) is 4.74 Å². The minimum Gasteiger partial charge on any atom is -0.377 e. The van der Waals surface area contributed by atoms with E-state index in [0.717, 1.165) is 36.3 Å². The highest BCUT2D eigenvalue weighted by atomic mass is 32.2. The van der Waals surface area contributed by atoms with Crippen molar-refractivity contribution in [3.63, 3.8) is 0 Å². The summed E-state index contributed by atoms with van der Waals surface area (Å²) in [4.78, 5) is 0. The maximum Gasteiger partial charge on any atom is 0.241 e. The molecule has 2 N–H and O–H groups in total. The summed E-state index contributed by atoms with van der Waals surface area (Å²) in [6.45, 7) is 9.39. The molecule has 1 aliphatic rings. The molecule has 1 fully saturated rings. The molecule has 0 bridgehead atoms. The van der Waals surface area contributed by atoms with Crippen LogP contribution in [0.3, 0.4) is 0 Å². The van der Waals surface area contributed by atoms with Crippen molar-refractivity contribution in [2.24, 2.45) is 0 Å². The first-order valence-electron chi connectivity index (χ1n) is 11.2. The first kappa shape index (κ1) is 24.7. The fourth-order valence-corrected chi connectivity index (χ4v) is 4.56. The Labute approximate surface area is 187 Å². The van der Waals surface area contributed by atoms with Gasteiger partial charge in [0.2, 0.25) is 11.4 Å². The lowest BCUT2D eigenvalue weighted by Crippen LogP contribution is -2.42. The zero-order valence-electron chi connectivity index (χ0n) is 19.2. The summed E-state index contributed by atoms with van der Waals surface area (Å²) in [7, 11) is 0. The van der Waals surface area contributed by atoms with Crippen LogP contribution in [0, 0.1) is 13.8 Å². The largest absolute Gasteiger partial charge is 0.377 e. The van der Waals surface area contributed by atoms with E-state index < -0.39 is 0 Å². The maximum absolute atomic E-state index is 10.5. The third-order valence-corrected chi connectivity index (χ3v) is 6.22. The van der Waals surface area contributed by atoms with E-state index in [1.54, 1.807) is 11.9 Å². The zero-order valence-corrected chi connectivity index (χ0v) is 20.0. The van der Waals surface area contributed by atoms with E-state index in [0.29, 0.717) is 18.6 Å². The van der Waals surface area contributed by atoms with Gasteiger partial charge in [0.05, 0.1) is 18.6 Å². The Hall–Kier alpha value is -1.56. The van der Waals surface area contributed by atoms with Crippen LogP contribution in [0.15, 0.2) is 42.5 Å². The van der Waals surface area contributed by atoms with Gasteiger partial charge in [-0.05, 0) is 55.9 Å². The number of benzene rings is 1. The summed E-state index contributed by atoms with van der Waals surface area (Å²) in [6, 6.07) is 14.9. The SMILES string of the molecule is CC.CSNCC(COC1CCC(c2ccccc2)CC1)c1cc(C)cc(C)[n+]1O.